The van der Waals surface area contributed by atoms with E-state index in [4.69, 9.17) is 11.6 Å². The summed E-state index contributed by atoms with van der Waals surface area (Å²) in [5, 5.41) is 4.21. The number of aryl methyl sites for hydroxylation is 1. The second kappa shape index (κ2) is 5.84. The third-order valence-electron chi connectivity index (χ3n) is 2.67. The topological polar surface area (TPSA) is 29.9 Å². The molecule has 0 spiro atoms. The van der Waals surface area contributed by atoms with E-state index in [-0.39, 0.29) is 0 Å². The van der Waals surface area contributed by atoms with Crippen LogP contribution in [0.4, 0.5) is 0 Å². The molecule has 0 aliphatic heterocycles. The molecule has 0 saturated heterocycles. The normalized spacial score (nSPS) is 10.7. The van der Waals surface area contributed by atoms with Crippen molar-refractivity contribution in [1.82, 2.24) is 14.9 Å². The van der Waals surface area contributed by atoms with Crippen molar-refractivity contribution in [2.24, 2.45) is 0 Å². The van der Waals surface area contributed by atoms with Crippen molar-refractivity contribution >= 4 is 11.6 Å². The average Bonchev–Trinajstić information content (AvgIpc) is 2.82. The predicted octanol–water partition coefficient (Wildman–Crippen LogP) is 2.63. The van der Waals surface area contributed by atoms with Gasteiger partial charge in [-0.2, -0.15) is 0 Å². The zero-order chi connectivity index (χ0) is 12.1. The minimum atomic E-state index is 0.832. The molecular weight excluding hydrogens is 234 g/mol. The van der Waals surface area contributed by atoms with Crippen LogP contribution in [0, 0.1) is 6.92 Å². The molecule has 0 fully saturated rings. The molecule has 1 aromatic heterocycles. The van der Waals surface area contributed by atoms with E-state index in [9.17, 15) is 0 Å². The number of nitrogens with one attached hydrogen (secondary N) is 1. The maximum atomic E-state index is 6.07. The molecule has 4 heteroatoms. The third-order valence-corrected chi connectivity index (χ3v) is 3.08. The molecule has 3 nitrogen and oxygen atoms in total. The zero-order valence-corrected chi connectivity index (χ0v) is 10.6. The van der Waals surface area contributed by atoms with Gasteiger partial charge in [0.25, 0.3) is 0 Å². The Hall–Kier alpha value is -1.32. The first-order chi connectivity index (χ1) is 8.25. The van der Waals surface area contributed by atoms with Crippen LogP contribution < -0.4 is 5.32 Å². The Morgan fingerprint density at radius 2 is 2.29 bits per heavy atom. The van der Waals surface area contributed by atoms with E-state index in [1.165, 1.54) is 5.56 Å². The molecule has 0 atom stereocenters. The summed E-state index contributed by atoms with van der Waals surface area (Å²) in [5.74, 6) is 0. The van der Waals surface area contributed by atoms with E-state index in [1.807, 2.05) is 25.5 Å². The Labute approximate surface area is 106 Å². The van der Waals surface area contributed by atoms with E-state index in [0.29, 0.717) is 0 Å². The summed E-state index contributed by atoms with van der Waals surface area (Å²) < 4.78 is 2.05. The highest BCUT2D eigenvalue weighted by molar-refractivity contribution is 6.31. The molecule has 1 aromatic carbocycles. The molecule has 90 valence electrons. The van der Waals surface area contributed by atoms with Crippen LogP contribution in [0.15, 0.2) is 36.9 Å². The molecule has 17 heavy (non-hydrogen) atoms. The first kappa shape index (κ1) is 12.1. The molecule has 0 radical (unpaired) electrons. The van der Waals surface area contributed by atoms with Gasteiger partial charge >= 0.3 is 0 Å². The Morgan fingerprint density at radius 3 is 3.00 bits per heavy atom. The summed E-state index contributed by atoms with van der Waals surface area (Å²) in [6, 6.07) is 6.17. The molecule has 1 heterocycles. The van der Waals surface area contributed by atoms with Gasteiger partial charge in [-0.05, 0) is 24.1 Å². The van der Waals surface area contributed by atoms with E-state index in [0.717, 1.165) is 30.2 Å². The van der Waals surface area contributed by atoms with E-state index in [1.54, 1.807) is 6.20 Å². The summed E-state index contributed by atoms with van der Waals surface area (Å²) in [6.07, 6.45) is 5.58. The van der Waals surface area contributed by atoms with Crippen molar-refractivity contribution in [2.75, 3.05) is 6.54 Å². The van der Waals surface area contributed by atoms with Gasteiger partial charge < -0.3 is 9.88 Å². The predicted molar refractivity (Wildman–Crippen MR) is 70.1 cm³/mol. The fraction of sp³-hybridized carbons (Fsp3) is 0.308. The molecule has 0 bridgehead atoms. The maximum Gasteiger partial charge on any atom is 0.0946 e. The molecule has 0 amide bonds. The fourth-order valence-electron chi connectivity index (χ4n) is 1.61. The van der Waals surface area contributed by atoms with Crippen LogP contribution in [0.5, 0.6) is 0 Å². The van der Waals surface area contributed by atoms with E-state index in [2.05, 4.69) is 27.0 Å². The molecule has 2 aromatic rings. The van der Waals surface area contributed by atoms with Crippen molar-refractivity contribution < 1.29 is 0 Å². The maximum absolute atomic E-state index is 6.07. The van der Waals surface area contributed by atoms with E-state index >= 15 is 0 Å². The van der Waals surface area contributed by atoms with Crippen molar-refractivity contribution in [2.45, 2.75) is 20.0 Å². The van der Waals surface area contributed by atoms with Crippen LogP contribution in [0.3, 0.4) is 0 Å². The van der Waals surface area contributed by atoms with Crippen LogP contribution in [0.1, 0.15) is 11.1 Å². The lowest BCUT2D eigenvalue weighted by atomic mass is 10.1. The Morgan fingerprint density at radius 1 is 1.41 bits per heavy atom. The van der Waals surface area contributed by atoms with Gasteiger partial charge in [-0.3, -0.25) is 0 Å². The van der Waals surface area contributed by atoms with Crippen molar-refractivity contribution in [3.8, 4) is 0 Å². The number of rotatable bonds is 5. The number of aromatic nitrogens is 2. The molecule has 0 aliphatic rings. The molecule has 0 saturated carbocycles. The highest BCUT2D eigenvalue weighted by Gasteiger charge is 1.97. The number of hydrogen-bond donors (Lipinski definition) is 1. The second-order valence-electron chi connectivity index (χ2n) is 4.06. The zero-order valence-electron chi connectivity index (χ0n) is 9.86. The minimum Gasteiger partial charge on any atom is -0.336 e. The van der Waals surface area contributed by atoms with Gasteiger partial charge in [-0.15, -0.1) is 0 Å². The number of imidazole rings is 1. The number of hydrogen-bond acceptors (Lipinski definition) is 2. The number of nitrogens with zero attached hydrogens (tertiary/aromatic N) is 2. The lowest BCUT2D eigenvalue weighted by Gasteiger charge is -2.07. The van der Waals surface area contributed by atoms with Crippen LogP contribution in [-0.2, 0) is 13.1 Å². The molecule has 0 aliphatic carbocycles. The van der Waals surface area contributed by atoms with Gasteiger partial charge in [0.15, 0.2) is 0 Å². The number of benzene rings is 1. The van der Waals surface area contributed by atoms with Crippen LogP contribution >= 0.6 is 11.6 Å². The highest BCUT2D eigenvalue weighted by atomic mass is 35.5. The van der Waals surface area contributed by atoms with Crippen LogP contribution in [-0.4, -0.2) is 16.1 Å². The Balaban J connectivity index is 1.76. The quantitative estimate of drug-likeness (QED) is 0.826. The fourth-order valence-corrected chi connectivity index (χ4v) is 1.81. The first-order valence-corrected chi connectivity index (χ1v) is 6.05. The molecule has 1 N–H and O–H groups in total. The monoisotopic (exact) mass is 249 g/mol. The number of halogens is 1. The highest BCUT2D eigenvalue weighted by Crippen LogP contribution is 2.16. The van der Waals surface area contributed by atoms with Gasteiger partial charge in [0.2, 0.25) is 0 Å². The van der Waals surface area contributed by atoms with Gasteiger partial charge in [0.1, 0.15) is 0 Å². The van der Waals surface area contributed by atoms with Gasteiger partial charge in [-0.1, -0.05) is 23.7 Å². The third kappa shape index (κ3) is 3.58. The van der Waals surface area contributed by atoms with Crippen molar-refractivity contribution in [3.63, 3.8) is 0 Å². The van der Waals surface area contributed by atoms with Crippen LogP contribution in [0.2, 0.25) is 5.02 Å². The summed E-state index contributed by atoms with van der Waals surface area (Å²) in [5.41, 5.74) is 2.33. The van der Waals surface area contributed by atoms with Gasteiger partial charge in [0, 0.05) is 37.1 Å². The molecule has 2 rings (SSSR count). The standard InChI is InChI=1S/C13H16ClN3/c1-11-2-3-12(8-13(11)14)9-15-4-6-17-7-5-16-10-17/h2-3,5,7-8,10,15H,4,6,9H2,1H3. The molecular formula is C13H16ClN3. The van der Waals surface area contributed by atoms with Gasteiger partial charge in [0.05, 0.1) is 6.33 Å². The Bertz CT molecular complexity index is 466. The largest absolute Gasteiger partial charge is 0.336 e. The van der Waals surface area contributed by atoms with Gasteiger partial charge in [-0.25, -0.2) is 4.98 Å². The lowest BCUT2D eigenvalue weighted by molar-refractivity contribution is 0.597. The Kier molecular flexibility index (Phi) is 4.18. The summed E-state index contributed by atoms with van der Waals surface area (Å²) in [7, 11) is 0. The van der Waals surface area contributed by atoms with Crippen molar-refractivity contribution in [1.29, 1.82) is 0 Å². The average molecular weight is 250 g/mol. The second-order valence-corrected chi connectivity index (χ2v) is 4.47. The smallest absolute Gasteiger partial charge is 0.0946 e. The first-order valence-electron chi connectivity index (χ1n) is 5.67. The summed E-state index contributed by atoms with van der Waals surface area (Å²) >= 11 is 6.07. The van der Waals surface area contributed by atoms with E-state index < -0.39 is 0 Å². The minimum absolute atomic E-state index is 0.832. The molecule has 0 unspecified atom stereocenters. The summed E-state index contributed by atoms with van der Waals surface area (Å²) in [4.78, 5) is 4.00. The lowest BCUT2D eigenvalue weighted by Crippen LogP contribution is -2.18. The SMILES string of the molecule is Cc1ccc(CNCCn2ccnc2)cc1Cl. The van der Waals surface area contributed by atoms with Crippen molar-refractivity contribution in [3.05, 3.63) is 53.1 Å². The summed E-state index contributed by atoms with van der Waals surface area (Å²) in [6.45, 7) is 4.70. The van der Waals surface area contributed by atoms with Crippen LogP contribution in [0.25, 0.3) is 0 Å².